The monoisotopic (exact) mass is 312 g/mol. The summed E-state index contributed by atoms with van der Waals surface area (Å²) in [5.74, 6) is -2.19. The molecule has 1 N–H and O–H groups in total. The third-order valence-corrected chi connectivity index (χ3v) is 3.95. The Balaban J connectivity index is 2.48. The van der Waals surface area contributed by atoms with Gasteiger partial charge in [-0.15, -0.1) is 0 Å². The van der Waals surface area contributed by atoms with Crippen molar-refractivity contribution in [3.05, 3.63) is 12.2 Å². The molecule has 0 aromatic carbocycles. The maximum Gasteiger partial charge on any atom is 0.333 e. The lowest BCUT2D eigenvalue weighted by molar-refractivity contribution is -0.167. The lowest BCUT2D eigenvalue weighted by Crippen LogP contribution is -2.40. The zero-order valence-corrected chi connectivity index (χ0v) is 13.4. The molecule has 6 nitrogen and oxygen atoms in total. The first-order chi connectivity index (χ1) is 10.1. The maximum atomic E-state index is 11.5. The number of carbonyl (C=O) groups excluding carboxylic acids is 2. The fourth-order valence-electron chi connectivity index (χ4n) is 2.66. The van der Waals surface area contributed by atoms with Gasteiger partial charge in [0.15, 0.2) is 0 Å². The molecule has 0 saturated heterocycles. The first kappa shape index (κ1) is 18.2. The Morgan fingerprint density at radius 3 is 2.18 bits per heavy atom. The Labute approximate surface area is 130 Å². The number of hydrogen-bond donors (Lipinski definition) is 1. The molecule has 0 radical (unpaired) electrons. The van der Waals surface area contributed by atoms with Gasteiger partial charge in [-0.2, -0.15) is 0 Å². The highest BCUT2D eigenvalue weighted by molar-refractivity contribution is 5.90. The fourth-order valence-corrected chi connectivity index (χ4v) is 2.66. The molecule has 0 amide bonds. The van der Waals surface area contributed by atoms with Crippen LogP contribution >= 0.6 is 0 Å². The van der Waals surface area contributed by atoms with Crippen LogP contribution in [0.25, 0.3) is 0 Å². The molecule has 1 aliphatic rings. The Morgan fingerprint density at radius 2 is 1.73 bits per heavy atom. The minimum atomic E-state index is -1.20. The predicted octanol–water partition coefficient (Wildman–Crippen LogP) is 2.46. The van der Waals surface area contributed by atoms with Crippen LogP contribution in [0.2, 0.25) is 0 Å². The molecule has 1 rings (SSSR count). The summed E-state index contributed by atoms with van der Waals surface area (Å²) in [5.41, 5.74) is -0.347. The van der Waals surface area contributed by atoms with Gasteiger partial charge in [-0.1, -0.05) is 6.58 Å². The summed E-state index contributed by atoms with van der Waals surface area (Å²) in [6.07, 6.45) is 2.14. The maximum absolute atomic E-state index is 11.5. The molecule has 6 heteroatoms. The molecule has 0 bridgehead atoms. The molecular formula is C16H24O6. The molecule has 0 atom stereocenters. The largest absolute Gasteiger partial charge is 0.481 e. The van der Waals surface area contributed by atoms with Gasteiger partial charge < -0.3 is 14.6 Å². The molecule has 0 aliphatic heterocycles. The predicted molar refractivity (Wildman–Crippen MR) is 79.1 cm³/mol. The second kappa shape index (κ2) is 7.42. The van der Waals surface area contributed by atoms with Crippen LogP contribution < -0.4 is 0 Å². The average molecular weight is 312 g/mol. The summed E-state index contributed by atoms with van der Waals surface area (Å²) < 4.78 is 10.6. The van der Waals surface area contributed by atoms with Crippen LogP contribution in [0.5, 0.6) is 0 Å². The minimum Gasteiger partial charge on any atom is -0.481 e. The standard InChI is InChI=1S/C16H24O6/c1-10(2)15(20)21-12-7-5-11(6-8-12)16(3,4)22-14(19)9-13(17)18/h11-12H,1,5-9H2,2-4H3,(H,17,18). The zero-order chi connectivity index (χ0) is 16.9. The van der Waals surface area contributed by atoms with Crippen molar-refractivity contribution < 1.29 is 29.0 Å². The van der Waals surface area contributed by atoms with E-state index in [2.05, 4.69) is 6.58 Å². The normalized spacial score (nSPS) is 21.8. The SMILES string of the molecule is C=C(C)C(=O)OC1CCC(C(C)(C)OC(=O)CC(=O)O)CC1. The first-order valence-corrected chi connectivity index (χ1v) is 7.42. The zero-order valence-electron chi connectivity index (χ0n) is 13.4. The number of aliphatic carboxylic acids is 1. The molecule has 1 aliphatic carbocycles. The van der Waals surface area contributed by atoms with Crippen molar-refractivity contribution in [1.82, 2.24) is 0 Å². The summed E-state index contributed by atoms with van der Waals surface area (Å²) in [6, 6.07) is 0. The van der Waals surface area contributed by atoms with Crippen LogP contribution in [0.4, 0.5) is 0 Å². The van der Waals surface area contributed by atoms with E-state index in [9.17, 15) is 14.4 Å². The Morgan fingerprint density at radius 1 is 1.18 bits per heavy atom. The molecule has 1 fully saturated rings. The third-order valence-electron chi connectivity index (χ3n) is 3.95. The fraction of sp³-hybridized carbons (Fsp3) is 0.688. The summed E-state index contributed by atoms with van der Waals surface area (Å²) >= 11 is 0. The van der Waals surface area contributed by atoms with Gasteiger partial charge in [0.25, 0.3) is 0 Å². The van der Waals surface area contributed by atoms with E-state index in [1.54, 1.807) is 20.8 Å². The summed E-state index contributed by atoms with van der Waals surface area (Å²) in [7, 11) is 0. The molecule has 1 saturated carbocycles. The molecule has 0 unspecified atom stereocenters. The lowest BCUT2D eigenvalue weighted by Gasteiger charge is -2.38. The van der Waals surface area contributed by atoms with Gasteiger partial charge in [-0.3, -0.25) is 9.59 Å². The molecule has 0 heterocycles. The first-order valence-electron chi connectivity index (χ1n) is 7.42. The second-order valence-electron chi connectivity index (χ2n) is 6.31. The number of carboxylic acid groups (broad SMARTS) is 1. The topological polar surface area (TPSA) is 89.9 Å². The van der Waals surface area contributed by atoms with E-state index in [0.717, 1.165) is 12.8 Å². The van der Waals surface area contributed by atoms with Gasteiger partial charge >= 0.3 is 17.9 Å². The highest BCUT2D eigenvalue weighted by Gasteiger charge is 2.37. The quantitative estimate of drug-likeness (QED) is 0.460. The molecule has 0 spiro atoms. The van der Waals surface area contributed by atoms with Crippen molar-refractivity contribution in [2.45, 2.75) is 64.6 Å². The highest BCUT2D eigenvalue weighted by atomic mass is 16.6. The van der Waals surface area contributed by atoms with E-state index < -0.39 is 24.0 Å². The average Bonchev–Trinajstić information content (AvgIpc) is 2.37. The van der Waals surface area contributed by atoms with Crippen molar-refractivity contribution in [3.63, 3.8) is 0 Å². The number of carbonyl (C=O) groups is 3. The number of ether oxygens (including phenoxy) is 2. The van der Waals surface area contributed by atoms with E-state index >= 15 is 0 Å². The van der Waals surface area contributed by atoms with Crippen LogP contribution in [0.15, 0.2) is 12.2 Å². The van der Waals surface area contributed by atoms with Crippen molar-refractivity contribution in [3.8, 4) is 0 Å². The van der Waals surface area contributed by atoms with Crippen LogP contribution in [-0.2, 0) is 23.9 Å². The van der Waals surface area contributed by atoms with Crippen LogP contribution in [0.3, 0.4) is 0 Å². The highest BCUT2D eigenvalue weighted by Crippen LogP contribution is 2.36. The molecule has 22 heavy (non-hydrogen) atoms. The van der Waals surface area contributed by atoms with Gasteiger partial charge in [-0.05, 0) is 52.4 Å². The Kier molecular flexibility index (Phi) is 6.14. The number of carboxylic acids is 1. The number of esters is 2. The van der Waals surface area contributed by atoms with Crippen molar-refractivity contribution in [2.75, 3.05) is 0 Å². The number of hydrogen-bond acceptors (Lipinski definition) is 5. The van der Waals surface area contributed by atoms with E-state index in [0.29, 0.717) is 18.4 Å². The molecular weight excluding hydrogens is 288 g/mol. The van der Waals surface area contributed by atoms with E-state index in [4.69, 9.17) is 14.6 Å². The van der Waals surface area contributed by atoms with Gasteiger partial charge in [0.05, 0.1) is 0 Å². The lowest BCUT2D eigenvalue weighted by atomic mass is 9.77. The van der Waals surface area contributed by atoms with Crippen molar-refractivity contribution in [1.29, 1.82) is 0 Å². The molecule has 0 aromatic heterocycles. The van der Waals surface area contributed by atoms with Crippen LogP contribution in [0, 0.1) is 5.92 Å². The van der Waals surface area contributed by atoms with Crippen molar-refractivity contribution in [2.24, 2.45) is 5.92 Å². The van der Waals surface area contributed by atoms with Gasteiger partial charge in [0, 0.05) is 5.57 Å². The van der Waals surface area contributed by atoms with Gasteiger partial charge in [0.1, 0.15) is 18.1 Å². The Bertz CT molecular complexity index is 457. The van der Waals surface area contributed by atoms with Crippen LogP contribution in [-0.4, -0.2) is 34.7 Å². The third kappa shape index (κ3) is 5.50. The van der Waals surface area contributed by atoms with Gasteiger partial charge in [-0.25, -0.2) is 4.79 Å². The molecule has 124 valence electrons. The summed E-state index contributed by atoms with van der Waals surface area (Å²) in [6.45, 7) is 8.74. The smallest absolute Gasteiger partial charge is 0.333 e. The second-order valence-corrected chi connectivity index (χ2v) is 6.31. The summed E-state index contributed by atoms with van der Waals surface area (Å²) in [4.78, 5) is 33.5. The summed E-state index contributed by atoms with van der Waals surface area (Å²) in [5, 5.41) is 8.60. The molecule has 0 aromatic rings. The van der Waals surface area contributed by atoms with E-state index in [-0.39, 0.29) is 18.0 Å². The minimum absolute atomic E-state index is 0.116. The van der Waals surface area contributed by atoms with E-state index in [1.165, 1.54) is 0 Å². The van der Waals surface area contributed by atoms with Gasteiger partial charge in [0.2, 0.25) is 0 Å². The van der Waals surface area contributed by atoms with Crippen LogP contribution in [0.1, 0.15) is 52.9 Å². The number of rotatable bonds is 6. The Hall–Kier alpha value is -1.85. The van der Waals surface area contributed by atoms with E-state index in [1.807, 2.05) is 0 Å². The van der Waals surface area contributed by atoms with Crippen molar-refractivity contribution >= 4 is 17.9 Å².